The molecule has 1 aromatic carbocycles. The number of esters is 7. The van der Waals surface area contributed by atoms with Gasteiger partial charge in [-0.1, -0.05) is 0 Å². The first kappa shape index (κ1) is 45.6. The van der Waals surface area contributed by atoms with Crippen LogP contribution < -0.4 is 10.4 Å². The van der Waals surface area contributed by atoms with Crippen molar-refractivity contribution in [2.75, 3.05) is 13.2 Å². The van der Waals surface area contributed by atoms with Crippen LogP contribution in [0, 0.1) is 6.92 Å². The molecular weight excluding hydrogens is 824 g/mol. The number of hydrogen-bond acceptors (Lipinski definition) is 23. The van der Waals surface area contributed by atoms with Crippen LogP contribution >= 0.6 is 0 Å². The molecule has 0 saturated carbocycles. The number of aryl methyl sites for hydroxylation is 1. The van der Waals surface area contributed by atoms with Gasteiger partial charge in [-0.2, -0.15) is 0 Å². The Morgan fingerprint density at radius 2 is 1.05 bits per heavy atom. The van der Waals surface area contributed by atoms with Crippen LogP contribution in [0.5, 0.6) is 17.2 Å². The summed E-state index contributed by atoms with van der Waals surface area (Å²) in [5.41, 5.74) is -1.23. The van der Waals surface area contributed by atoms with Gasteiger partial charge >= 0.3 is 47.4 Å². The van der Waals surface area contributed by atoms with Crippen molar-refractivity contribution >= 4 is 63.7 Å². The van der Waals surface area contributed by atoms with E-state index in [1.807, 2.05) is 0 Å². The summed E-state index contributed by atoms with van der Waals surface area (Å²) in [6, 6.07) is 2.36. The first-order valence-corrected chi connectivity index (χ1v) is 18.3. The zero-order valence-electron chi connectivity index (χ0n) is 33.8. The van der Waals surface area contributed by atoms with Gasteiger partial charge in [-0.3, -0.25) is 33.6 Å². The van der Waals surface area contributed by atoms with Crippen LogP contribution in [0.4, 0.5) is 0 Å². The number of phenolic OH excluding ortho intramolecular Hbond substituents is 2. The van der Waals surface area contributed by atoms with E-state index in [1.54, 1.807) is 0 Å². The van der Waals surface area contributed by atoms with Crippen LogP contribution in [0.25, 0.3) is 21.9 Å². The van der Waals surface area contributed by atoms with Gasteiger partial charge in [0.2, 0.25) is 23.9 Å². The fourth-order valence-electron chi connectivity index (χ4n) is 6.71. The quantitative estimate of drug-likeness (QED) is 0.139. The number of carbonyl (C=O) groups is 7. The molecule has 23 heteroatoms. The van der Waals surface area contributed by atoms with E-state index in [2.05, 4.69) is 0 Å². The zero-order valence-corrected chi connectivity index (χ0v) is 33.8. The maximum atomic E-state index is 12.9. The van der Waals surface area contributed by atoms with E-state index in [0.29, 0.717) is 0 Å². The van der Waals surface area contributed by atoms with E-state index in [-0.39, 0.29) is 27.7 Å². The standard InChI is InChI=1S/C38H42O23/c1-13-9-23-26(36(48)51-13)21-10-22(46)27(47)31(28(21)57-23)61-38-35(56-20(8)45)33(54-18(6)43)30(25(59-38)12-50-15(3)40)60-37-34(55-19(7)44)32(53-17(5)42)29(52-16(4)41)24(58-37)11-49-14(2)39/h9-10,24-25,29-30,32-35,37-38,46-47H,11-12H2,1-8H3. The van der Waals surface area contributed by atoms with E-state index >= 15 is 0 Å². The average Bonchev–Trinajstić information content (AvgIpc) is 3.49. The molecule has 10 atom stereocenters. The number of fused-ring (bicyclic) bond motifs is 3. The minimum Gasteiger partial charge on any atom is -0.504 e. The maximum Gasteiger partial charge on any atom is 0.347 e. The van der Waals surface area contributed by atoms with Gasteiger partial charge in [-0.05, 0) is 13.0 Å². The Kier molecular flexibility index (Phi) is 14.1. The van der Waals surface area contributed by atoms with E-state index < -0.39 is 139 Å². The number of hydrogen-bond donors (Lipinski definition) is 2. The largest absolute Gasteiger partial charge is 0.504 e. The number of phenols is 2. The minimum atomic E-state index is -1.98. The third-order valence-corrected chi connectivity index (χ3v) is 8.83. The molecule has 2 N–H and O–H groups in total. The van der Waals surface area contributed by atoms with Crippen molar-refractivity contribution in [2.45, 2.75) is 117 Å². The van der Waals surface area contributed by atoms with Gasteiger partial charge in [0.25, 0.3) is 0 Å². The summed E-state index contributed by atoms with van der Waals surface area (Å²) < 4.78 is 73.6. The molecule has 2 aromatic heterocycles. The van der Waals surface area contributed by atoms with Crippen molar-refractivity contribution < 1.29 is 105 Å². The molecular formula is C38H42O23. The number of rotatable bonds is 13. The highest BCUT2D eigenvalue weighted by Gasteiger charge is 2.58. The van der Waals surface area contributed by atoms with Crippen molar-refractivity contribution in [3.05, 3.63) is 28.3 Å². The summed E-state index contributed by atoms with van der Waals surface area (Å²) >= 11 is 0. The Labute approximate surface area is 343 Å². The van der Waals surface area contributed by atoms with Crippen molar-refractivity contribution in [1.82, 2.24) is 0 Å². The molecule has 2 saturated heterocycles. The van der Waals surface area contributed by atoms with E-state index in [4.69, 9.17) is 60.9 Å². The highest BCUT2D eigenvalue weighted by molar-refractivity contribution is 6.08. The lowest BCUT2D eigenvalue weighted by Gasteiger charge is -2.48. The van der Waals surface area contributed by atoms with Crippen molar-refractivity contribution in [3.63, 3.8) is 0 Å². The third-order valence-electron chi connectivity index (χ3n) is 8.83. The Hall–Kier alpha value is -6.46. The lowest BCUT2D eigenvalue weighted by molar-refractivity contribution is -0.354. The third kappa shape index (κ3) is 10.7. The fraction of sp³-hybridized carbons (Fsp3) is 0.526. The van der Waals surface area contributed by atoms with Gasteiger partial charge in [0, 0.05) is 59.9 Å². The summed E-state index contributed by atoms with van der Waals surface area (Å²) in [5, 5.41) is 21.6. The molecule has 3 aromatic rings. The molecule has 10 unspecified atom stereocenters. The van der Waals surface area contributed by atoms with E-state index in [1.165, 1.54) is 13.0 Å². The van der Waals surface area contributed by atoms with Crippen molar-refractivity contribution in [1.29, 1.82) is 0 Å². The molecule has 0 bridgehead atoms. The summed E-state index contributed by atoms with van der Waals surface area (Å²) in [5.74, 6) is -8.86. The summed E-state index contributed by atoms with van der Waals surface area (Å²) in [6.45, 7) is 7.09. The maximum absolute atomic E-state index is 12.9. The molecule has 2 fully saturated rings. The summed E-state index contributed by atoms with van der Waals surface area (Å²) in [7, 11) is 0. The highest BCUT2D eigenvalue weighted by Crippen LogP contribution is 2.47. The average molecular weight is 867 g/mol. The molecule has 0 aliphatic carbocycles. The molecule has 5 rings (SSSR count). The SMILES string of the molecule is CC(=O)OCC1OC(OC2C(COC(C)=O)OC(Oc3c(O)c(O)cc4c3oc3cc(C)oc(=O)c34)C(OC(C)=O)C2OC(C)=O)C(OC(C)=O)C(OC(C)=O)C1OC(C)=O. The molecule has 23 nitrogen and oxygen atoms in total. The predicted octanol–water partition coefficient (Wildman–Crippen LogP) is 1.26. The van der Waals surface area contributed by atoms with Gasteiger partial charge in [-0.15, -0.1) is 0 Å². The zero-order chi connectivity index (χ0) is 45.0. The molecule has 4 heterocycles. The molecule has 0 spiro atoms. The number of carbonyl (C=O) groups excluding carboxylic acids is 7. The minimum absolute atomic E-state index is 0.0384. The number of ether oxygens (including phenoxy) is 11. The predicted molar refractivity (Wildman–Crippen MR) is 194 cm³/mol. The van der Waals surface area contributed by atoms with Gasteiger partial charge in [0.05, 0.1) is 0 Å². The Balaban J connectivity index is 1.66. The Morgan fingerprint density at radius 3 is 1.57 bits per heavy atom. The Morgan fingerprint density at radius 1 is 0.590 bits per heavy atom. The molecule has 0 radical (unpaired) electrons. The molecule has 2 aliphatic heterocycles. The normalized spacial score (nSPS) is 26.1. The van der Waals surface area contributed by atoms with E-state index in [9.17, 15) is 48.6 Å². The number of benzene rings is 1. The lowest BCUT2D eigenvalue weighted by Crippen LogP contribution is -2.67. The van der Waals surface area contributed by atoms with Crippen molar-refractivity contribution in [2.24, 2.45) is 0 Å². The molecule has 61 heavy (non-hydrogen) atoms. The lowest BCUT2D eigenvalue weighted by atomic mass is 9.96. The first-order valence-electron chi connectivity index (χ1n) is 18.3. The van der Waals surface area contributed by atoms with Crippen LogP contribution in [0.1, 0.15) is 54.2 Å². The summed E-state index contributed by atoms with van der Waals surface area (Å²) in [4.78, 5) is 99.7. The van der Waals surface area contributed by atoms with Gasteiger partial charge < -0.3 is 71.2 Å². The number of furan rings is 1. The monoisotopic (exact) mass is 866 g/mol. The number of aromatic hydroxyl groups is 2. The van der Waals surface area contributed by atoms with Crippen molar-refractivity contribution in [3.8, 4) is 17.2 Å². The van der Waals surface area contributed by atoms with Gasteiger partial charge in [0.15, 0.2) is 42.0 Å². The smallest absolute Gasteiger partial charge is 0.347 e. The molecule has 0 amide bonds. The van der Waals surface area contributed by atoms with Crippen LogP contribution in [0.2, 0.25) is 0 Å². The second-order valence-electron chi connectivity index (χ2n) is 13.7. The van der Waals surface area contributed by atoms with Gasteiger partial charge in [-0.25, -0.2) is 4.79 Å². The van der Waals surface area contributed by atoms with Crippen LogP contribution in [-0.2, 0) is 80.9 Å². The first-order chi connectivity index (χ1) is 28.6. The molecule has 332 valence electrons. The van der Waals surface area contributed by atoms with Crippen LogP contribution in [-0.4, -0.2) is 127 Å². The Bertz CT molecular complexity index is 2250. The van der Waals surface area contributed by atoms with E-state index in [0.717, 1.165) is 54.5 Å². The second kappa shape index (κ2) is 18.9. The second-order valence-corrected chi connectivity index (χ2v) is 13.7. The van der Waals surface area contributed by atoms with Gasteiger partial charge in [0.1, 0.15) is 48.3 Å². The summed E-state index contributed by atoms with van der Waals surface area (Å²) in [6.07, 6.45) is -17.8. The highest BCUT2D eigenvalue weighted by atomic mass is 16.8. The molecule has 2 aliphatic rings. The topological polar surface area (TPSA) is 305 Å². The fourth-order valence-corrected chi connectivity index (χ4v) is 6.71. The van der Waals surface area contributed by atoms with Crippen LogP contribution in [0.3, 0.4) is 0 Å². The van der Waals surface area contributed by atoms with Crippen LogP contribution in [0.15, 0.2) is 25.8 Å².